The molecule has 43 heavy (non-hydrogen) atoms. The molecule has 13 heteroatoms. The van der Waals surface area contributed by atoms with Crippen molar-refractivity contribution >= 4 is 29.7 Å². The molecule has 4 amide bonds. The summed E-state index contributed by atoms with van der Waals surface area (Å²) < 4.78 is 5.15. The summed E-state index contributed by atoms with van der Waals surface area (Å²) in [5.41, 5.74) is 0.237. The van der Waals surface area contributed by atoms with E-state index < -0.39 is 34.4 Å². The van der Waals surface area contributed by atoms with Crippen molar-refractivity contribution in [3.05, 3.63) is 87.1 Å². The summed E-state index contributed by atoms with van der Waals surface area (Å²) >= 11 is 0. The number of imide groups is 1. The quantitative estimate of drug-likeness (QED) is 0.161. The number of nitrogens with zero attached hydrogens (tertiary/aromatic N) is 3. The predicted octanol–water partition coefficient (Wildman–Crippen LogP) is 3.72. The lowest BCUT2D eigenvalue weighted by atomic mass is 9.72. The second-order valence-electron chi connectivity index (χ2n) is 10.5. The zero-order valence-corrected chi connectivity index (χ0v) is 24.1. The molecule has 0 saturated carbocycles. The lowest BCUT2D eigenvalue weighted by molar-refractivity contribution is -0.384. The highest BCUT2D eigenvalue weighted by atomic mass is 16.6. The van der Waals surface area contributed by atoms with Crippen LogP contribution in [-0.2, 0) is 19.7 Å². The van der Waals surface area contributed by atoms with E-state index in [-0.39, 0.29) is 41.5 Å². The van der Waals surface area contributed by atoms with Crippen LogP contribution >= 0.6 is 0 Å². The Bertz CT molecular complexity index is 1400. The summed E-state index contributed by atoms with van der Waals surface area (Å²) in [5.74, 6) is -1.57. The number of likely N-dealkylation sites (tertiary alicyclic amines) is 1. The predicted molar refractivity (Wildman–Crippen MR) is 155 cm³/mol. The van der Waals surface area contributed by atoms with Crippen molar-refractivity contribution in [2.24, 2.45) is 0 Å². The van der Waals surface area contributed by atoms with Gasteiger partial charge in [0.15, 0.2) is 0 Å². The summed E-state index contributed by atoms with van der Waals surface area (Å²) in [7, 11) is 1.40. The van der Waals surface area contributed by atoms with Gasteiger partial charge >= 0.3 is 24.0 Å². The highest BCUT2D eigenvalue weighted by Crippen LogP contribution is 2.37. The van der Waals surface area contributed by atoms with Gasteiger partial charge in [-0.25, -0.2) is 19.3 Å². The molecule has 0 bridgehead atoms. The van der Waals surface area contributed by atoms with Crippen LogP contribution < -0.4 is 10.6 Å². The smallest absolute Gasteiger partial charge is 0.335 e. The number of carboxylic acids is 1. The Labute approximate surface area is 248 Å². The number of ether oxygens (including phenoxy) is 1. The van der Waals surface area contributed by atoms with E-state index in [0.29, 0.717) is 38.9 Å². The normalized spacial score (nSPS) is 18.5. The molecule has 0 aliphatic carbocycles. The molecule has 2 aromatic rings. The van der Waals surface area contributed by atoms with Crippen molar-refractivity contribution in [3.8, 4) is 0 Å². The number of carbonyl (C=O) groups excluding carboxylic acids is 3. The van der Waals surface area contributed by atoms with E-state index in [1.165, 1.54) is 31.4 Å². The van der Waals surface area contributed by atoms with Gasteiger partial charge in [-0.15, -0.1) is 0 Å². The Morgan fingerprint density at radius 1 is 1.12 bits per heavy atom. The maximum absolute atomic E-state index is 13.3. The fourth-order valence-electron chi connectivity index (χ4n) is 5.80. The van der Waals surface area contributed by atoms with Crippen LogP contribution in [0.5, 0.6) is 0 Å². The van der Waals surface area contributed by atoms with Crippen molar-refractivity contribution in [2.45, 2.75) is 44.1 Å². The molecule has 2 aromatic carbocycles. The first-order valence-corrected chi connectivity index (χ1v) is 14.1. The molecule has 0 unspecified atom stereocenters. The van der Waals surface area contributed by atoms with Gasteiger partial charge in [-0.1, -0.05) is 37.3 Å². The molecular weight excluding hydrogens is 558 g/mol. The number of aliphatic carboxylic acids is 1. The number of hydrogen-bond donors (Lipinski definition) is 3. The number of carbonyl (C=O) groups is 4. The van der Waals surface area contributed by atoms with Gasteiger partial charge in [0.1, 0.15) is 6.04 Å². The number of non-ortho nitro benzene ring substituents is 1. The van der Waals surface area contributed by atoms with Gasteiger partial charge < -0.3 is 25.4 Å². The van der Waals surface area contributed by atoms with Crippen LogP contribution in [0.3, 0.4) is 0 Å². The number of nitro benzene ring substituents is 1. The standard InChI is InChI=1S/C30H35N5O8/c1-3-23-24(26(36)37)25(20-10-12-22(13-11-20)35(41)42)34(29(40)32-23)28(39)31-16-7-17-33-18-14-30(15-19-33,27(38)43-2)21-8-5-4-6-9-21/h4-6,8-13,25H,3,7,14-19H2,1-2H3,(H,31,39)(H,32,40)(H,36,37)/t25-/m0/s1. The van der Waals surface area contributed by atoms with E-state index in [2.05, 4.69) is 15.5 Å². The van der Waals surface area contributed by atoms with Crippen LogP contribution in [0.1, 0.15) is 49.8 Å². The van der Waals surface area contributed by atoms with E-state index in [0.717, 1.165) is 10.5 Å². The second kappa shape index (κ2) is 13.5. The Balaban J connectivity index is 1.41. The fraction of sp³-hybridized carbons (Fsp3) is 0.400. The first-order valence-electron chi connectivity index (χ1n) is 14.1. The molecule has 2 aliphatic rings. The Kier molecular flexibility index (Phi) is 9.76. The minimum absolute atomic E-state index is 0.161. The highest BCUT2D eigenvalue weighted by Gasteiger charge is 2.44. The topological polar surface area (TPSA) is 171 Å². The van der Waals surface area contributed by atoms with Crippen LogP contribution in [0, 0.1) is 10.1 Å². The third-order valence-electron chi connectivity index (χ3n) is 8.10. The number of rotatable bonds is 10. The largest absolute Gasteiger partial charge is 0.478 e. The number of nitro groups is 1. The molecule has 2 aliphatic heterocycles. The zero-order valence-electron chi connectivity index (χ0n) is 24.1. The van der Waals surface area contributed by atoms with Gasteiger partial charge in [-0.2, -0.15) is 0 Å². The molecule has 13 nitrogen and oxygen atoms in total. The van der Waals surface area contributed by atoms with Gasteiger partial charge in [0.25, 0.3) is 5.69 Å². The van der Waals surface area contributed by atoms with Crippen molar-refractivity contribution in [1.82, 2.24) is 20.4 Å². The molecule has 2 heterocycles. The number of nitrogens with one attached hydrogen (secondary N) is 2. The molecule has 3 N–H and O–H groups in total. The van der Waals surface area contributed by atoms with E-state index >= 15 is 0 Å². The maximum atomic E-state index is 13.3. The highest BCUT2D eigenvalue weighted by molar-refractivity contribution is 6.01. The molecule has 228 valence electrons. The van der Waals surface area contributed by atoms with E-state index in [9.17, 15) is 34.4 Å². The average Bonchev–Trinajstić information content (AvgIpc) is 3.02. The van der Waals surface area contributed by atoms with Crippen molar-refractivity contribution in [2.75, 3.05) is 33.3 Å². The van der Waals surface area contributed by atoms with E-state index in [1.54, 1.807) is 6.92 Å². The zero-order chi connectivity index (χ0) is 31.1. The number of piperidine rings is 1. The third kappa shape index (κ3) is 6.51. The molecule has 1 fully saturated rings. The third-order valence-corrected chi connectivity index (χ3v) is 8.10. The number of esters is 1. The van der Waals surface area contributed by atoms with Gasteiger partial charge in [0.05, 0.1) is 23.0 Å². The van der Waals surface area contributed by atoms with Crippen molar-refractivity contribution in [3.63, 3.8) is 0 Å². The summed E-state index contributed by atoms with van der Waals surface area (Å²) in [6.07, 6.45) is 1.92. The van der Waals surface area contributed by atoms with Gasteiger partial charge in [0.2, 0.25) is 0 Å². The van der Waals surface area contributed by atoms with Crippen LogP contribution in [0.25, 0.3) is 0 Å². The number of allylic oxidation sites excluding steroid dienone is 1. The maximum Gasteiger partial charge on any atom is 0.335 e. The number of benzene rings is 2. The fourth-order valence-corrected chi connectivity index (χ4v) is 5.80. The number of urea groups is 2. The lowest BCUT2D eigenvalue weighted by Gasteiger charge is -2.40. The van der Waals surface area contributed by atoms with E-state index in [4.69, 9.17) is 4.74 Å². The summed E-state index contributed by atoms with van der Waals surface area (Å²) in [4.78, 5) is 64.9. The second-order valence-corrected chi connectivity index (χ2v) is 10.5. The molecular formula is C30H35N5O8. The van der Waals surface area contributed by atoms with Gasteiger partial charge in [-0.05, 0) is 68.6 Å². The number of amides is 4. The molecule has 0 aromatic heterocycles. The average molecular weight is 594 g/mol. The summed E-state index contributed by atoms with van der Waals surface area (Å²) in [5, 5.41) is 26.4. The van der Waals surface area contributed by atoms with Crippen molar-refractivity contribution < 1.29 is 33.9 Å². The Hall–Kier alpha value is -4.78. The van der Waals surface area contributed by atoms with Crippen molar-refractivity contribution in [1.29, 1.82) is 0 Å². The number of methoxy groups -OCH3 is 1. The first-order chi connectivity index (χ1) is 20.6. The Morgan fingerprint density at radius 3 is 2.33 bits per heavy atom. The summed E-state index contributed by atoms with van der Waals surface area (Å²) in [6.45, 7) is 3.82. The monoisotopic (exact) mass is 593 g/mol. The van der Waals surface area contributed by atoms with E-state index in [1.807, 2.05) is 30.3 Å². The molecule has 1 atom stereocenters. The number of carboxylic acid groups (broad SMARTS) is 1. The minimum atomic E-state index is -1.32. The van der Waals surface area contributed by atoms with Crippen LogP contribution in [-0.4, -0.2) is 77.1 Å². The summed E-state index contributed by atoms with van der Waals surface area (Å²) in [6, 6.07) is 11.8. The molecule has 0 radical (unpaired) electrons. The Morgan fingerprint density at radius 2 is 1.77 bits per heavy atom. The SMILES string of the molecule is CCC1=C(C(=O)O)[C@H](c2ccc([N+](=O)[O-])cc2)N(C(=O)NCCCN2CCC(C(=O)OC)(c3ccccc3)CC2)C(=O)N1. The first kappa shape index (κ1) is 31.2. The molecule has 0 spiro atoms. The lowest BCUT2D eigenvalue weighted by Crippen LogP contribution is -2.54. The molecule has 4 rings (SSSR count). The molecule has 1 saturated heterocycles. The van der Waals surface area contributed by atoms with Crippen LogP contribution in [0.4, 0.5) is 15.3 Å². The van der Waals surface area contributed by atoms with Gasteiger partial charge in [0, 0.05) is 24.4 Å². The van der Waals surface area contributed by atoms with Gasteiger partial charge in [-0.3, -0.25) is 14.9 Å². The van der Waals surface area contributed by atoms with Crippen LogP contribution in [0.2, 0.25) is 0 Å². The number of hydrogen-bond acceptors (Lipinski definition) is 8. The van der Waals surface area contributed by atoms with Crippen LogP contribution in [0.15, 0.2) is 65.9 Å². The minimum Gasteiger partial charge on any atom is -0.478 e.